The van der Waals surface area contributed by atoms with Crippen LogP contribution in [0.5, 0.6) is 5.75 Å². The van der Waals surface area contributed by atoms with Crippen molar-refractivity contribution in [2.75, 3.05) is 7.11 Å². The molecule has 0 aliphatic carbocycles. The van der Waals surface area contributed by atoms with Gasteiger partial charge < -0.3 is 14.5 Å². The van der Waals surface area contributed by atoms with E-state index in [4.69, 9.17) is 9.15 Å². The van der Waals surface area contributed by atoms with Gasteiger partial charge in [-0.05, 0) is 35.9 Å². The van der Waals surface area contributed by atoms with Gasteiger partial charge in [0, 0.05) is 10.9 Å². The van der Waals surface area contributed by atoms with E-state index < -0.39 is 0 Å². The van der Waals surface area contributed by atoms with Crippen LogP contribution in [0.3, 0.4) is 0 Å². The predicted octanol–water partition coefficient (Wildman–Crippen LogP) is 5.09. The van der Waals surface area contributed by atoms with Gasteiger partial charge in [-0.1, -0.05) is 48.5 Å². The maximum atomic E-state index is 12.7. The van der Waals surface area contributed by atoms with Crippen LogP contribution in [0, 0.1) is 0 Å². The van der Waals surface area contributed by atoms with E-state index in [0.717, 1.165) is 27.5 Å². The first-order valence-electron chi connectivity index (χ1n) is 8.52. The van der Waals surface area contributed by atoms with Crippen LogP contribution in [-0.2, 0) is 0 Å². The first-order valence-corrected chi connectivity index (χ1v) is 8.52. The Labute approximate surface area is 151 Å². The van der Waals surface area contributed by atoms with Crippen molar-refractivity contribution in [1.29, 1.82) is 0 Å². The van der Waals surface area contributed by atoms with E-state index in [1.165, 1.54) is 0 Å². The minimum absolute atomic E-state index is 0.205. The van der Waals surface area contributed by atoms with E-state index in [1.807, 2.05) is 73.7 Å². The van der Waals surface area contributed by atoms with Crippen LogP contribution >= 0.6 is 0 Å². The highest BCUT2D eigenvalue weighted by molar-refractivity contribution is 6.08. The fraction of sp³-hybridized carbons (Fsp3) is 0.136. The number of para-hydroxylation sites is 1. The lowest BCUT2D eigenvalue weighted by Crippen LogP contribution is -2.26. The van der Waals surface area contributed by atoms with Crippen LogP contribution in [0.2, 0.25) is 0 Å². The molecule has 1 atom stereocenters. The average Bonchev–Trinajstić information content (AvgIpc) is 3.13. The molecule has 4 nitrogen and oxygen atoms in total. The number of nitrogens with one attached hydrogen (secondary N) is 1. The SMILES string of the molecule is COc1ccccc1[C@H](C)NC(=O)c1cc2c(ccc3ccccc32)o1. The van der Waals surface area contributed by atoms with Gasteiger partial charge >= 0.3 is 0 Å². The lowest BCUT2D eigenvalue weighted by atomic mass is 10.1. The number of amides is 1. The third-order valence-electron chi connectivity index (χ3n) is 4.60. The lowest BCUT2D eigenvalue weighted by molar-refractivity contribution is 0.0913. The molecule has 0 bridgehead atoms. The molecule has 1 amide bonds. The smallest absolute Gasteiger partial charge is 0.287 e. The molecule has 4 aromatic rings. The number of carbonyl (C=O) groups is 1. The van der Waals surface area contributed by atoms with Crippen LogP contribution in [-0.4, -0.2) is 13.0 Å². The summed E-state index contributed by atoms with van der Waals surface area (Å²) in [4.78, 5) is 12.7. The highest BCUT2D eigenvalue weighted by Gasteiger charge is 2.18. The monoisotopic (exact) mass is 345 g/mol. The van der Waals surface area contributed by atoms with E-state index in [-0.39, 0.29) is 11.9 Å². The highest BCUT2D eigenvalue weighted by Crippen LogP contribution is 2.29. The maximum Gasteiger partial charge on any atom is 0.287 e. The van der Waals surface area contributed by atoms with Gasteiger partial charge in [0.15, 0.2) is 5.76 Å². The van der Waals surface area contributed by atoms with Crippen molar-refractivity contribution in [1.82, 2.24) is 5.32 Å². The van der Waals surface area contributed by atoms with Gasteiger partial charge in [-0.25, -0.2) is 0 Å². The molecule has 0 spiro atoms. The standard InChI is InChI=1S/C22H19NO3/c1-14(16-8-5-6-10-19(16)25-2)23-22(24)21-13-18-17-9-4-3-7-15(17)11-12-20(18)26-21/h3-14H,1-2H3,(H,23,24)/t14-/m0/s1. The van der Waals surface area contributed by atoms with Gasteiger partial charge in [0.25, 0.3) is 5.91 Å². The molecule has 4 heteroatoms. The van der Waals surface area contributed by atoms with Crippen molar-refractivity contribution in [3.05, 3.63) is 78.1 Å². The Morgan fingerprint density at radius 3 is 2.62 bits per heavy atom. The molecule has 0 unspecified atom stereocenters. The average molecular weight is 345 g/mol. The van der Waals surface area contributed by atoms with E-state index in [0.29, 0.717) is 11.3 Å². The lowest BCUT2D eigenvalue weighted by Gasteiger charge is -2.16. The van der Waals surface area contributed by atoms with Crippen LogP contribution in [0.4, 0.5) is 0 Å². The van der Waals surface area contributed by atoms with Gasteiger partial charge in [-0.3, -0.25) is 4.79 Å². The minimum Gasteiger partial charge on any atom is -0.496 e. The summed E-state index contributed by atoms with van der Waals surface area (Å²) >= 11 is 0. The Morgan fingerprint density at radius 2 is 1.77 bits per heavy atom. The molecule has 1 aromatic heterocycles. The molecule has 1 N–H and O–H groups in total. The molecule has 130 valence electrons. The Bertz CT molecular complexity index is 1100. The topological polar surface area (TPSA) is 51.5 Å². The van der Waals surface area contributed by atoms with Crippen LogP contribution in [0.1, 0.15) is 29.1 Å². The molecule has 0 aliphatic rings. The Balaban J connectivity index is 1.65. The van der Waals surface area contributed by atoms with E-state index in [2.05, 4.69) is 5.32 Å². The molecule has 26 heavy (non-hydrogen) atoms. The van der Waals surface area contributed by atoms with E-state index >= 15 is 0 Å². The number of benzene rings is 3. The fourth-order valence-corrected chi connectivity index (χ4v) is 3.27. The van der Waals surface area contributed by atoms with Crippen LogP contribution in [0.25, 0.3) is 21.7 Å². The summed E-state index contributed by atoms with van der Waals surface area (Å²) in [7, 11) is 1.62. The van der Waals surface area contributed by atoms with Gasteiger partial charge in [-0.2, -0.15) is 0 Å². The second-order valence-corrected chi connectivity index (χ2v) is 6.25. The molecule has 0 saturated heterocycles. The number of carbonyl (C=O) groups excluding carboxylic acids is 1. The highest BCUT2D eigenvalue weighted by atomic mass is 16.5. The molecule has 4 rings (SSSR count). The fourth-order valence-electron chi connectivity index (χ4n) is 3.27. The number of hydrogen-bond acceptors (Lipinski definition) is 3. The van der Waals surface area contributed by atoms with Crippen molar-refractivity contribution >= 4 is 27.6 Å². The van der Waals surface area contributed by atoms with Crippen molar-refractivity contribution in [2.45, 2.75) is 13.0 Å². The zero-order valence-corrected chi connectivity index (χ0v) is 14.7. The second-order valence-electron chi connectivity index (χ2n) is 6.25. The summed E-state index contributed by atoms with van der Waals surface area (Å²) in [6.45, 7) is 1.92. The summed E-state index contributed by atoms with van der Waals surface area (Å²) in [5.74, 6) is 0.803. The molecule has 0 saturated carbocycles. The molecule has 1 heterocycles. The Morgan fingerprint density at radius 1 is 1.00 bits per heavy atom. The van der Waals surface area contributed by atoms with Crippen LogP contribution in [0.15, 0.2) is 71.1 Å². The molecule has 0 radical (unpaired) electrons. The van der Waals surface area contributed by atoms with Crippen LogP contribution < -0.4 is 10.1 Å². The summed E-state index contributed by atoms with van der Waals surface area (Å²) < 4.78 is 11.2. The number of ether oxygens (including phenoxy) is 1. The Hall–Kier alpha value is -3.27. The number of fused-ring (bicyclic) bond motifs is 3. The molecular formula is C22H19NO3. The Kier molecular flexibility index (Phi) is 4.09. The largest absolute Gasteiger partial charge is 0.496 e. The molecule has 3 aromatic carbocycles. The summed E-state index contributed by atoms with van der Waals surface area (Å²) in [6.07, 6.45) is 0. The third-order valence-corrected chi connectivity index (χ3v) is 4.60. The van der Waals surface area contributed by atoms with E-state index in [9.17, 15) is 4.79 Å². The van der Waals surface area contributed by atoms with Crippen molar-refractivity contribution in [3.63, 3.8) is 0 Å². The predicted molar refractivity (Wildman–Crippen MR) is 103 cm³/mol. The molecule has 0 aliphatic heterocycles. The molecular weight excluding hydrogens is 326 g/mol. The quantitative estimate of drug-likeness (QED) is 0.561. The van der Waals surface area contributed by atoms with Gasteiger partial charge in [0.1, 0.15) is 11.3 Å². The number of hydrogen-bond donors (Lipinski definition) is 1. The number of rotatable bonds is 4. The van der Waals surface area contributed by atoms with Crippen molar-refractivity contribution in [3.8, 4) is 5.75 Å². The van der Waals surface area contributed by atoms with Gasteiger partial charge in [0.2, 0.25) is 0 Å². The van der Waals surface area contributed by atoms with E-state index in [1.54, 1.807) is 7.11 Å². The maximum absolute atomic E-state index is 12.7. The normalized spacial score (nSPS) is 12.2. The third kappa shape index (κ3) is 2.80. The van der Waals surface area contributed by atoms with Gasteiger partial charge in [-0.15, -0.1) is 0 Å². The van der Waals surface area contributed by atoms with Crippen molar-refractivity contribution < 1.29 is 13.9 Å². The number of methoxy groups -OCH3 is 1. The minimum atomic E-state index is -0.247. The summed E-state index contributed by atoms with van der Waals surface area (Å²) in [6, 6.07) is 21.2. The molecule has 0 fully saturated rings. The summed E-state index contributed by atoms with van der Waals surface area (Å²) in [5, 5.41) is 6.12. The summed E-state index contributed by atoms with van der Waals surface area (Å²) in [5.41, 5.74) is 1.63. The zero-order valence-electron chi connectivity index (χ0n) is 14.7. The first kappa shape index (κ1) is 16.2. The number of furan rings is 1. The second kappa shape index (κ2) is 6.56. The van der Waals surface area contributed by atoms with Crippen molar-refractivity contribution in [2.24, 2.45) is 0 Å². The zero-order chi connectivity index (χ0) is 18.1. The first-order chi connectivity index (χ1) is 12.7. The van der Waals surface area contributed by atoms with Gasteiger partial charge in [0.05, 0.1) is 13.2 Å².